The van der Waals surface area contributed by atoms with Gasteiger partial charge in [-0.15, -0.1) is 0 Å². The normalized spacial score (nSPS) is 17.6. The van der Waals surface area contributed by atoms with Crippen LogP contribution in [-0.4, -0.2) is 24.1 Å². The zero-order valence-electron chi connectivity index (χ0n) is 11.2. The van der Waals surface area contributed by atoms with Gasteiger partial charge in [0.25, 0.3) is 0 Å². The van der Waals surface area contributed by atoms with Gasteiger partial charge in [-0.1, -0.05) is 29.8 Å². The summed E-state index contributed by atoms with van der Waals surface area (Å²) in [6.45, 7) is 2.01. The molecule has 1 unspecified atom stereocenters. The fourth-order valence-electron chi connectivity index (χ4n) is 2.20. The van der Waals surface area contributed by atoms with E-state index in [0.717, 1.165) is 29.2 Å². The summed E-state index contributed by atoms with van der Waals surface area (Å²) in [6, 6.07) is 7.77. The van der Waals surface area contributed by atoms with Gasteiger partial charge in [-0.25, -0.2) is 4.79 Å². The molecule has 3 nitrogen and oxygen atoms in total. The zero-order chi connectivity index (χ0) is 13.9. The maximum Gasteiger partial charge on any atom is 0.315 e. The van der Waals surface area contributed by atoms with Gasteiger partial charge in [0, 0.05) is 16.8 Å². The van der Waals surface area contributed by atoms with Crippen LogP contribution in [0.5, 0.6) is 0 Å². The van der Waals surface area contributed by atoms with Crippen molar-refractivity contribution < 1.29 is 4.79 Å². The number of urea groups is 1. The van der Waals surface area contributed by atoms with Crippen LogP contribution in [0.1, 0.15) is 25.3 Å². The van der Waals surface area contributed by atoms with Crippen LogP contribution >= 0.6 is 23.4 Å². The van der Waals surface area contributed by atoms with Crippen molar-refractivity contribution in [1.82, 2.24) is 10.6 Å². The Morgan fingerprint density at radius 1 is 1.47 bits per heavy atom. The number of benzene rings is 1. The highest BCUT2D eigenvalue weighted by Crippen LogP contribution is 2.47. The summed E-state index contributed by atoms with van der Waals surface area (Å²) in [4.78, 5) is 12.0. The topological polar surface area (TPSA) is 41.1 Å². The molecular weight excluding hydrogens is 280 g/mol. The van der Waals surface area contributed by atoms with E-state index >= 15 is 0 Å². The first-order chi connectivity index (χ1) is 9.07. The van der Waals surface area contributed by atoms with Crippen LogP contribution in [0.25, 0.3) is 0 Å². The van der Waals surface area contributed by atoms with E-state index in [1.54, 1.807) is 11.8 Å². The number of thioether (sulfide) groups is 1. The molecule has 0 aromatic heterocycles. The van der Waals surface area contributed by atoms with E-state index in [2.05, 4.69) is 10.6 Å². The van der Waals surface area contributed by atoms with Gasteiger partial charge in [-0.2, -0.15) is 11.8 Å². The first-order valence-electron chi connectivity index (χ1n) is 6.40. The Morgan fingerprint density at radius 3 is 2.74 bits per heavy atom. The van der Waals surface area contributed by atoms with Crippen LogP contribution in [-0.2, 0) is 5.54 Å². The summed E-state index contributed by atoms with van der Waals surface area (Å²) >= 11 is 7.93. The third-order valence-electron chi connectivity index (χ3n) is 3.29. The Morgan fingerprint density at radius 2 is 2.16 bits per heavy atom. The molecule has 0 radical (unpaired) electrons. The van der Waals surface area contributed by atoms with Crippen molar-refractivity contribution in [3.05, 3.63) is 34.9 Å². The molecule has 1 aliphatic rings. The SMILES string of the molecule is CSCC(C)NC(=O)NC1(c2ccccc2Cl)CC1. The second-order valence-corrected chi connectivity index (χ2v) is 6.33. The first kappa shape index (κ1) is 14.5. The average Bonchev–Trinajstić information content (AvgIpc) is 3.10. The minimum absolute atomic E-state index is 0.112. The molecule has 104 valence electrons. The number of hydrogen-bond acceptors (Lipinski definition) is 2. The van der Waals surface area contributed by atoms with E-state index in [9.17, 15) is 4.79 Å². The zero-order valence-corrected chi connectivity index (χ0v) is 12.8. The lowest BCUT2D eigenvalue weighted by molar-refractivity contribution is 0.233. The van der Waals surface area contributed by atoms with Crippen LogP contribution in [0.4, 0.5) is 4.79 Å². The van der Waals surface area contributed by atoms with E-state index in [0.29, 0.717) is 0 Å². The molecule has 2 amide bonds. The molecule has 1 fully saturated rings. The summed E-state index contributed by atoms with van der Waals surface area (Å²) in [5.74, 6) is 0.909. The van der Waals surface area contributed by atoms with Crippen molar-refractivity contribution >= 4 is 29.4 Å². The van der Waals surface area contributed by atoms with Crippen molar-refractivity contribution in [3.8, 4) is 0 Å². The maximum absolute atomic E-state index is 12.0. The minimum Gasteiger partial charge on any atom is -0.335 e. The predicted molar refractivity (Wildman–Crippen MR) is 81.9 cm³/mol. The molecule has 19 heavy (non-hydrogen) atoms. The summed E-state index contributed by atoms with van der Waals surface area (Å²) in [5, 5.41) is 6.74. The number of carbonyl (C=O) groups is 1. The van der Waals surface area contributed by atoms with Crippen LogP contribution < -0.4 is 10.6 Å². The molecule has 1 saturated carbocycles. The highest BCUT2D eigenvalue weighted by Gasteiger charge is 2.46. The lowest BCUT2D eigenvalue weighted by Gasteiger charge is -2.21. The van der Waals surface area contributed by atoms with Gasteiger partial charge in [-0.05, 0) is 37.7 Å². The molecule has 2 N–H and O–H groups in total. The predicted octanol–water partition coefficient (Wildman–Crippen LogP) is 3.38. The van der Waals surface area contributed by atoms with Gasteiger partial charge in [0.15, 0.2) is 0 Å². The van der Waals surface area contributed by atoms with Crippen molar-refractivity contribution in [3.63, 3.8) is 0 Å². The van der Waals surface area contributed by atoms with E-state index in [1.807, 2.05) is 37.4 Å². The molecule has 0 saturated heterocycles. The summed E-state index contributed by atoms with van der Waals surface area (Å²) < 4.78 is 0. The summed E-state index contributed by atoms with van der Waals surface area (Å²) in [7, 11) is 0. The van der Waals surface area contributed by atoms with Crippen LogP contribution in [0.2, 0.25) is 5.02 Å². The maximum atomic E-state index is 12.0. The highest BCUT2D eigenvalue weighted by atomic mass is 35.5. The monoisotopic (exact) mass is 298 g/mol. The van der Waals surface area contributed by atoms with Crippen molar-refractivity contribution in [1.29, 1.82) is 0 Å². The standard InChI is InChI=1S/C14H19ClN2OS/c1-10(9-19-2)16-13(18)17-14(7-8-14)11-5-3-4-6-12(11)15/h3-6,10H,7-9H2,1-2H3,(H2,16,17,18). The van der Waals surface area contributed by atoms with E-state index in [4.69, 9.17) is 11.6 Å². The van der Waals surface area contributed by atoms with Crippen LogP contribution in [0, 0.1) is 0 Å². The highest BCUT2D eigenvalue weighted by molar-refractivity contribution is 7.98. The molecule has 5 heteroatoms. The molecule has 0 spiro atoms. The van der Waals surface area contributed by atoms with Gasteiger partial charge < -0.3 is 10.6 Å². The minimum atomic E-state index is -0.262. The lowest BCUT2D eigenvalue weighted by Crippen LogP contribution is -2.46. The van der Waals surface area contributed by atoms with Gasteiger partial charge in [0.1, 0.15) is 0 Å². The molecule has 0 aliphatic heterocycles. The van der Waals surface area contributed by atoms with Gasteiger partial charge >= 0.3 is 6.03 Å². The molecule has 1 atom stereocenters. The third-order valence-corrected chi connectivity index (χ3v) is 4.45. The van der Waals surface area contributed by atoms with Crippen LogP contribution in [0.15, 0.2) is 24.3 Å². The number of carbonyl (C=O) groups excluding carboxylic acids is 1. The lowest BCUT2D eigenvalue weighted by atomic mass is 10.1. The number of nitrogens with one attached hydrogen (secondary N) is 2. The third kappa shape index (κ3) is 3.57. The fraction of sp³-hybridized carbons (Fsp3) is 0.500. The largest absolute Gasteiger partial charge is 0.335 e. The fourth-order valence-corrected chi connectivity index (χ4v) is 3.10. The molecule has 1 aliphatic carbocycles. The number of hydrogen-bond donors (Lipinski definition) is 2. The quantitative estimate of drug-likeness (QED) is 0.875. The first-order valence-corrected chi connectivity index (χ1v) is 8.17. The number of rotatable bonds is 5. The van der Waals surface area contributed by atoms with Gasteiger partial charge in [0.2, 0.25) is 0 Å². The Labute approximate surface area is 123 Å². The Hall–Kier alpha value is -0.870. The summed E-state index contributed by atoms with van der Waals surface area (Å²) in [5.41, 5.74) is 0.756. The van der Waals surface area contributed by atoms with Gasteiger partial charge in [0.05, 0.1) is 5.54 Å². The van der Waals surface area contributed by atoms with Crippen molar-refractivity contribution in [2.24, 2.45) is 0 Å². The second kappa shape index (κ2) is 6.06. The molecule has 2 rings (SSSR count). The van der Waals surface area contributed by atoms with Crippen molar-refractivity contribution in [2.45, 2.75) is 31.3 Å². The van der Waals surface area contributed by atoms with Crippen LogP contribution in [0.3, 0.4) is 0 Å². The Bertz CT molecular complexity index is 463. The molecule has 0 bridgehead atoms. The Kier molecular flexibility index (Phi) is 4.63. The van der Waals surface area contributed by atoms with Crippen molar-refractivity contribution in [2.75, 3.05) is 12.0 Å². The average molecular weight is 299 g/mol. The molecule has 1 aromatic carbocycles. The van der Waals surface area contributed by atoms with Gasteiger partial charge in [-0.3, -0.25) is 0 Å². The molecule has 1 aromatic rings. The molecule has 0 heterocycles. The van der Waals surface area contributed by atoms with E-state index in [-0.39, 0.29) is 17.6 Å². The smallest absolute Gasteiger partial charge is 0.315 e. The second-order valence-electron chi connectivity index (χ2n) is 5.02. The number of halogens is 1. The number of amides is 2. The summed E-state index contributed by atoms with van der Waals surface area (Å²) in [6.07, 6.45) is 3.92. The van der Waals surface area contributed by atoms with E-state index < -0.39 is 0 Å². The van der Waals surface area contributed by atoms with E-state index in [1.165, 1.54) is 0 Å². The molecular formula is C14H19ClN2OS. The Balaban J connectivity index is 1.99.